The van der Waals surface area contributed by atoms with E-state index in [9.17, 15) is 14.5 Å². The Kier molecular flexibility index (Phi) is 2.58. The van der Waals surface area contributed by atoms with Crippen LogP contribution in [0.2, 0.25) is 0 Å². The van der Waals surface area contributed by atoms with Gasteiger partial charge in [0.2, 0.25) is 0 Å². The van der Waals surface area contributed by atoms with Crippen LogP contribution in [0.3, 0.4) is 0 Å². The first-order valence-corrected chi connectivity index (χ1v) is 3.95. The predicted molar refractivity (Wildman–Crippen MR) is 45.0 cm³/mol. The number of alkyl halides is 1. The second kappa shape index (κ2) is 3.32. The highest BCUT2D eigenvalue weighted by Crippen LogP contribution is 2.23. The number of hydrogen-bond donors (Lipinski definition) is 1. The Balaban J connectivity index is 2.92. The Hall–Kier alpha value is -0.750. The first-order valence-electron chi connectivity index (χ1n) is 3.16. The van der Waals surface area contributed by atoms with Crippen molar-refractivity contribution in [2.45, 2.75) is 11.8 Å². The first kappa shape index (κ1) is 9.34. The van der Waals surface area contributed by atoms with Crippen LogP contribution >= 0.6 is 16.1 Å². The van der Waals surface area contributed by atoms with E-state index in [1.807, 2.05) is 0 Å². The molecule has 12 heavy (non-hydrogen) atoms. The Morgan fingerprint density at radius 2 is 2.33 bits per heavy atom. The van der Waals surface area contributed by atoms with E-state index in [1.165, 1.54) is 18.2 Å². The summed E-state index contributed by atoms with van der Waals surface area (Å²) in [5, 5.41) is 10.3. The third-order valence-corrected chi connectivity index (χ3v) is 2.15. The Labute approximate surface area is 76.6 Å². The van der Waals surface area contributed by atoms with Crippen molar-refractivity contribution in [3.8, 4) is 0 Å². The van der Waals surface area contributed by atoms with Gasteiger partial charge in [0.05, 0.1) is 0 Å². The maximum Gasteiger partial charge on any atom is 0.282 e. The van der Waals surface area contributed by atoms with Crippen LogP contribution in [-0.4, -0.2) is 16.8 Å². The van der Waals surface area contributed by atoms with Crippen LogP contribution in [-0.2, 0) is 0 Å². The number of nitro groups is 1. The van der Waals surface area contributed by atoms with Gasteiger partial charge in [-0.2, -0.15) is 0 Å². The second-order valence-electron chi connectivity index (χ2n) is 2.34. The van der Waals surface area contributed by atoms with Crippen molar-refractivity contribution in [3.63, 3.8) is 0 Å². The van der Waals surface area contributed by atoms with Crippen LogP contribution in [0.1, 0.15) is 0 Å². The molecule has 6 heteroatoms. The van der Waals surface area contributed by atoms with Crippen LogP contribution < -0.4 is 4.34 Å². The minimum atomic E-state index is -2.14. The summed E-state index contributed by atoms with van der Waals surface area (Å²) in [6, 6.07) is -1.39. The van der Waals surface area contributed by atoms with E-state index in [-0.39, 0.29) is 0 Å². The molecular formula is C6H6BrFN2O2. The molecule has 0 fully saturated rings. The van der Waals surface area contributed by atoms with Gasteiger partial charge in [-0.3, -0.25) is 10.1 Å². The minimum absolute atomic E-state index is 0.686. The van der Waals surface area contributed by atoms with Gasteiger partial charge in [-0.1, -0.05) is 12.2 Å². The summed E-state index contributed by atoms with van der Waals surface area (Å²) < 4.78 is 15.6. The number of nitrogens with one attached hydrogen (secondary N) is 1. The van der Waals surface area contributed by atoms with E-state index in [0.717, 1.165) is 6.08 Å². The SMILES string of the molecule is O=[N+]([O-])C1C=CC=CC1(F)NBr. The summed E-state index contributed by atoms with van der Waals surface area (Å²) in [4.78, 5) is 9.66. The molecule has 1 aliphatic carbocycles. The zero-order chi connectivity index (χ0) is 9.19. The monoisotopic (exact) mass is 236 g/mol. The van der Waals surface area contributed by atoms with Crippen molar-refractivity contribution < 1.29 is 9.31 Å². The summed E-state index contributed by atoms with van der Waals surface area (Å²) in [7, 11) is 0. The third kappa shape index (κ3) is 1.54. The van der Waals surface area contributed by atoms with Crippen molar-refractivity contribution >= 4 is 16.1 Å². The molecule has 0 bridgehead atoms. The van der Waals surface area contributed by atoms with Gasteiger partial charge in [-0.05, 0) is 12.2 Å². The minimum Gasteiger partial charge on any atom is -0.264 e. The molecule has 1 N–H and O–H groups in total. The van der Waals surface area contributed by atoms with Crippen LogP contribution in [0, 0.1) is 10.1 Å². The van der Waals surface area contributed by atoms with E-state index in [1.54, 1.807) is 0 Å². The summed E-state index contributed by atoms with van der Waals surface area (Å²) in [6.07, 6.45) is 5.13. The molecular weight excluding hydrogens is 231 g/mol. The molecule has 0 aromatic rings. The molecule has 2 atom stereocenters. The molecule has 0 saturated heterocycles. The maximum absolute atomic E-state index is 13.5. The summed E-state index contributed by atoms with van der Waals surface area (Å²) in [6.45, 7) is 0. The molecule has 0 heterocycles. The number of nitrogens with zero attached hydrogens (tertiary/aromatic N) is 1. The van der Waals surface area contributed by atoms with Crippen molar-refractivity contribution in [2.24, 2.45) is 0 Å². The first-order chi connectivity index (χ1) is 5.60. The number of halogens is 2. The Bertz CT molecular complexity index is 256. The van der Waals surface area contributed by atoms with Crippen molar-refractivity contribution in [2.75, 3.05) is 0 Å². The molecule has 1 aliphatic rings. The quantitative estimate of drug-likeness (QED) is 0.341. The lowest BCUT2D eigenvalue weighted by Crippen LogP contribution is -2.48. The molecule has 66 valence electrons. The predicted octanol–water partition coefficient (Wildman–Crippen LogP) is 1.32. The Morgan fingerprint density at radius 3 is 2.75 bits per heavy atom. The topological polar surface area (TPSA) is 55.2 Å². The van der Waals surface area contributed by atoms with E-state index in [2.05, 4.69) is 20.5 Å². The van der Waals surface area contributed by atoms with Gasteiger partial charge in [0.25, 0.3) is 11.8 Å². The zero-order valence-corrected chi connectivity index (χ0v) is 7.49. The van der Waals surface area contributed by atoms with Crippen LogP contribution in [0.25, 0.3) is 0 Å². The molecule has 0 spiro atoms. The number of hydrogen-bond acceptors (Lipinski definition) is 3. The molecule has 1 rings (SSSR count). The Morgan fingerprint density at radius 1 is 1.67 bits per heavy atom. The normalized spacial score (nSPS) is 33.7. The van der Waals surface area contributed by atoms with E-state index in [0.29, 0.717) is 0 Å². The lowest BCUT2D eigenvalue weighted by atomic mass is 10.0. The van der Waals surface area contributed by atoms with Crippen molar-refractivity contribution in [1.82, 2.24) is 4.34 Å². The zero-order valence-electron chi connectivity index (χ0n) is 5.91. The molecule has 0 amide bonds. The highest BCUT2D eigenvalue weighted by Gasteiger charge is 2.44. The van der Waals surface area contributed by atoms with Crippen LogP contribution in [0.4, 0.5) is 4.39 Å². The maximum atomic E-state index is 13.5. The van der Waals surface area contributed by atoms with E-state index >= 15 is 0 Å². The standard InChI is InChI=1S/C6H6BrFN2O2/c7-9-6(8)4-2-1-3-5(6)10(11)12/h1-5,9H. The molecule has 0 aromatic heterocycles. The summed E-state index contributed by atoms with van der Waals surface area (Å²) in [5.41, 5.74) is 0. The number of allylic oxidation sites excluding steroid dienone is 2. The van der Waals surface area contributed by atoms with Gasteiger partial charge >= 0.3 is 0 Å². The fraction of sp³-hybridized carbons (Fsp3) is 0.333. The summed E-state index contributed by atoms with van der Waals surface area (Å²) in [5.74, 6) is -2.14. The fourth-order valence-corrected chi connectivity index (χ4v) is 1.28. The van der Waals surface area contributed by atoms with E-state index in [4.69, 9.17) is 0 Å². The van der Waals surface area contributed by atoms with Gasteiger partial charge in [0, 0.05) is 21.1 Å². The lowest BCUT2D eigenvalue weighted by molar-refractivity contribution is -0.525. The lowest BCUT2D eigenvalue weighted by Gasteiger charge is -2.22. The third-order valence-electron chi connectivity index (χ3n) is 1.55. The average molecular weight is 237 g/mol. The highest BCUT2D eigenvalue weighted by molar-refractivity contribution is 9.08. The van der Waals surface area contributed by atoms with Crippen molar-refractivity contribution in [3.05, 3.63) is 34.4 Å². The molecule has 0 saturated carbocycles. The molecule has 0 aromatic carbocycles. The van der Waals surface area contributed by atoms with Crippen molar-refractivity contribution in [1.29, 1.82) is 0 Å². The van der Waals surface area contributed by atoms with Crippen LogP contribution in [0.15, 0.2) is 24.3 Å². The van der Waals surface area contributed by atoms with Crippen LogP contribution in [0.5, 0.6) is 0 Å². The summed E-state index contributed by atoms with van der Waals surface area (Å²) >= 11 is 2.66. The molecule has 0 radical (unpaired) electrons. The van der Waals surface area contributed by atoms with E-state index < -0.39 is 16.8 Å². The highest BCUT2D eigenvalue weighted by atomic mass is 79.9. The smallest absolute Gasteiger partial charge is 0.264 e. The molecule has 2 unspecified atom stereocenters. The number of rotatable bonds is 2. The largest absolute Gasteiger partial charge is 0.282 e. The van der Waals surface area contributed by atoms with Gasteiger partial charge in [-0.25, -0.2) is 8.73 Å². The fourth-order valence-electron chi connectivity index (χ4n) is 0.915. The molecule has 0 aliphatic heterocycles. The average Bonchev–Trinajstić information content (AvgIpc) is 2.05. The van der Waals surface area contributed by atoms with Gasteiger partial charge < -0.3 is 0 Å². The molecule has 4 nitrogen and oxygen atoms in total. The van der Waals surface area contributed by atoms with Gasteiger partial charge in [0.1, 0.15) is 0 Å². The van der Waals surface area contributed by atoms with Gasteiger partial charge in [0.15, 0.2) is 0 Å². The second-order valence-corrected chi connectivity index (χ2v) is 2.73. The van der Waals surface area contributed by atoms with Gasteiger partial charge in [-0.15, -0.1) is 0 Å².